The Kier molecular flexibility index (Phi) is 4.73. The van der Waals surface area contributed by atoms with E-state index < -0.39 is 17.2 Å². The number of carbonyl (C=O) groups excluding carboxylic acids is 1. The molecule has 27 heavy (non-hydrogen) atoms. The Morgan fingerprint density at radius 3 is 2.63 bits per heavy atom. The highest BCUT2D eigenvalue weighted by molar-refractivity contribution is 6.14. The van der Waals surface area contributed by atoms with E-state index in [2.05, 4.69) is 4.98 Å². The summed E-state index contributed by atoms with van der Waals surface area (Å²) in [5, 5.41) is 20.6. The number of anilines is 1. The molecule has 3 aromatic rings. The van der Waals surface area contributed by atoms with Gasteiger partial charge in [-0.05, 0) is 17.7 Å². The molecular formula is C18H18BN3O5. The summed E-state index contributed by atoms with van der Waals surface area (Å²) in [6.45, 7) is -0.0430. The van der Waals surface area contributed by atoms with Crippen LogP contribution in [0.2, 0.25) is 0 Å². The molecule has 138 valence electrons. The lowest BCUT2D eigenvalue weighted by molar-refractivity contribution is -0.116. The Morgan fingerprint density at radius 2 is 1.96 bits per heavy atom. The van der Waals surface area contributed by atoms with Crippen molar-refractivity contribution in [2.75, 3.05) is 18.5 Å². The molecule has 3 rings (SSSR count). The Labute approximate surface area is 155 Å². The van der Waals surface area contributed by atoms with Gasteiger partial charge in [0.05, 0.1) is 6.54 Å². The van der Waals surface area contributed by atoms with Gasteiger partial charge in [0, 0.05) is 29.6 Å². The molecule has 0 radical (unpaired) electrons. The van der Waals surface area contributed by atoms with Crippen molar-refractivity contribution in [2.24, 2.45) is 5.73 Å². The summed E-state index contributed by atoms with van der Waals surface area (Å²) in [7, 11) is 2.88. The van der Waals surface area contributed by atoms with Crippen LogP contribution >= 0.6 is 0 Å². The van der Waals surface area contributed by atoms with Gasteiger partial charge in [-0.15, -0.1) is 0 Å². The summed E-state index contributed by atoms with van der Waals surface area (Å²) in [5.74, 6) is -0.113. The van der Waals surface area contributed by atoms with E-state index in [1.54, 1.807) is 43.4 Å². The fraction of sp³-hybridized carbons (Fsp3) is 0.167. The zero-order valence-corrected chi connectivity index (χ0v) is 14.8. The van der Waals surface area contributed by atoms with Crippen LogP contribution in [0.1, 0.15) is 5.56 Å². The van der Waals surface area contributed by atoms with E-state index in [-0.39, 0.29) is 17.8 Å². The number of aliphatic hydroxyl groups is 2. The van der Waals surface area contributed by atoms with Gasteiger partial charge in [-0.2, -0.15) is 4.98 Å². The zero-order chi connectivity index (χ0) is 19.8. The molecule has 0 bridgehead atoms. The lowest BCUT2D eigenvalue weighted by Gasteiger charge is -2.21. The van der Waals surface area contributed by atoms with Crippen LogP contribution in [-0.2, 0) is 10.5 Å². The summed E-state index contributed by atoms with van der Waals surface area (Å²) in [6.07, 6.45) is 0. The summed E-state index contributed by atoms with van der Waals surface area (Å²) >= 11 is 0. The van der Waals surface area contributed by atoms with Crippen LogP contribution in [0.25, 0.3) is 22.2 Å². The highest BCUT2D eigenvalue weighted by Gasteiger charge is 2.24. The number of primary amides is 1. The van der Waals surface area contributed by atoms with Crippen molar-refractivity contribution in [2.45, 2.75) is 5.69 Å². The van der Waals surface area contributed by atoms with Crippen molar-refractivity contribution in [3.63, 3.8) is 0 Å². The normalized spacial score (nSPS) is 11.5. The lowest BCUT2D eigenvalue weighted by Crippen LogP contribution is -2.31. The van der Waals surface area contributed by atoms with E-state index in [9.17, 15) is 19.8 Å². The molecule has 4 N–H and O–H groups in total. The highest BCUT2D eigenvalue weighted by Crippen LogP contribution is 2.33. The summed E-state index contributed by atoms with van der Waals surface area (Å²) in [5.41, 5.74) is 3.72. The average molecular weight is 367 g/mol. The van der Waals surface area contributed by atoms with E-state index in [0.717, 1.165) is 0 Å². The number of hydrogen-bond acceptors (Lipinski definition) is 7. The summed E-state index contributed by atoms with van der Waals surface area (Å²) in [6, 6.07) is 11.3. The molecule has 9 heteroatoms. The van der Waals surface area contributed by atoms with Crippen LogP contribution in [0, 0.1) is 0 Å². The topological polar surface area (TPSA) is 130 Å². The first-order valence-corrected chi connectivity index (χ1v) is 8.16. The van der Waals surface area contributed by atoms with Gasteiger partial charge in [0.15, 0.2) is 7.85 Å². The van der Waals surface area contributed by atoms with Gasteiger partial charge in [0.25, 0.3) is 0 Å². The fourth-order valence-electron chi connectivity index (χ4n) is 2.91. The minimum absolute atomic E-state index is 0.0430. The Balaban J connectivity index is 2.22. The van der Waals surface area contributed by atoms with Crippen LogP contribution in [0.5, 0.6) is 0 Å². The second-order valence-corrected chi connectivity index (χ2v) is 6.39. The standard InChI is InChI=1S/C18H18BN3O5/c1-22(9-14(20)23)15-7-6-11-12(8-16(24)27-17(11)21-15)10-4-2-3-5-13(10)18(19,25)26/h2-8,25-26H,9,19H2,1H3,(H2,20,23). The summed E-state index contributed by atoms with van der Waals surface area (Å²) < 4.78 is 5.21. The van der Waals surface area contributed by atoms with Crippen molar-refractivity contribution in [3.8, 4) is 11.1 Å². The van der Waals surface area contributed by atoms with Crippen molar-refractivity contribution in [3.05, 3.63) is 58.4 Å². The number of aromatic nitrogens is 1. The molecule has 0 atom stereocenters. The second-order valence-electron chi connectivity index (χ2n) is 6.39. The van der Waals surface area contributed by atoms with Crippen molar-refractivity contribution in [1.82, 2.24) is 4.98 Å². The minimum atomic E-state index is -2.09. The number of amides is 1. The first-order valence-electron chi connectivity index (χ1n) is 8.16. The Morgan fingerprint density at radius 1 is 1.26 bits per heavy atom. The van der Waals surface area contributed by atoms with E-state index in [0.29, 0.717) is 22.3 Å². The average Bonchev–Trinajstić information content (AvgIpc) is 2.59. The van der Waals surface area contributed by atoms with Crippen LogP contribution in [0.15, 0.2) is 51.7 Å². The first kappa shape index (κ1) is 18.6. The van der Waals surface area contributed by atoms with Crippen molar-refractivity contribution >= 4 is 30.7 Å². The Bertz CT molecular complexity index is 1070. The van der Waals surface area contributed by atoms with E-state index in [1.165, 1.54) is 18.8 Å². The minimum Gasteiger partial charge on any atom is -0.404 e. The van der Waals surface area contributed by atoms with Gasteiger partial charge >= 0.3 is 5.63 Å². The van der Waals surface area contributed by atoms with Crippen LogP contribution < -0.4 is 16.3 Å². The third-order valence-corrected chi connectivity index (χ3v) is 4.11. The van der Waals surface area contributed by atoms with Crippen LogP contribution in [-0.4, -0.2) is 42.5 Å². The molecule has 0 aliphatic rings. The number of nitrogens with zero attached hydrogens (tertiary/aromatic N) is 2. The molecule has 2 heterocycles. The smallest absolute Gasteiger partial charge is 0.338 e. The maximum absolute atomic E-state index is 12.1. The predicted molar refractivity (Wildman–Crippen MR) is 103 cm³/mol. The third kappa shape index (κ3) is 3.84. The van der Waals surface area contributed by atoms with E-state index in [1.807, 2.05) is 0 Å². The maximum atomic E-state index is 12.1. The van der Waals surface area contributed by atoms with Crippen molar-refractivity contribution < 1.29 is 19.4 Å². The monoisotopic (exact) mass is 367 g/mol. The largest absolute Gasteiger partial charge is 0.404 e. The maximum Gasteiger partial charge on any atom is 0.338 e. The third-order valence-electron chi connectivity index (χ3n) is 4.11. The second kappa shape index (κ2) is 6.86. The molecule has 0 fully saturated rings. The molecule has 1 amide bonds. The zero-order valence-electron chi connectivity index (χ0n) is 14.8. The molecule has 2 aromatic heterocycles. The van der Waals surface area contributed by atoms with Gasteiger partial charge in [-0.1, -0.05) is 24.3 Å². The SMILES string of the molecule is BC(O)(O)c1ccccc1-c1cc(=O)oc2nc(N(C)CC(N)=O)ccc12. The highest BCUT2D eigenvalue weighted by atomic mass is 16.5. The fourth-order valence-corrected chi connectivity index (χ4v) is 2.91. The number of pyridine rings is 1. The molecule has 0 aliphatic heterocycles. The number of fused-ring (bicyclic) bond motifs is 1. The molecule has 1 aromatic carbocycles. The number of nitrogens with two attached hydrogens (primary N) is 1. The molecule has 8 nitrogen and oxygen atoms in total. The molecule has 0 saturated heterocycles. The Hall–Kier alpha value is -3.17. The number of likely N-dealkylation sites (N-methyl/N-ethyl adjacent to an activating group) is 1. The van der Waals surface area contributed by atoms with E-state index >= 15 is 0 Å². The first-order chi connectivity index (χ1) is 12.7. The van der Waals surface area contributed by atoms with E-state index in [4.69, 9.17) is 10.2 Å². The lowest BCUT2D eigenvalue weighted by atomic mass is 9.82. The molecule has 0 spiro atoms. The van der Waals surface area contributed by atoms with Crippen LogP contribution in [0.3, 0.4) is 0 Å². The van der Waals surface area contributed by atoms with Gasteiger partial charge < -0.3 is 25.3 Å². The summed E-state index contributed by atoms with van der Waals surface area (Å²) in [4.78, 5) is 29.0. The molecule has 0 aliphatic carbocycles. The number of hydrogen-bond donors (Lipinski definition) is 3. The quantitative estimate of drug-likeness (QED) is 0.410. The van der Waals surface area contributed by atoms with Crippen LogP contribution in [0.4, 0.5) is 5.82 Å². The van der Waals surface area contributed by atoms with Gasteiger partial charge in [0.2, 0.25) is 11.6 Å². The molecule has 0 saturated carbocycles. The van der Waals surface area contributed by atoms with Gasteiger partial charge in [-0.25, -0.2) is 4.79 Å². The van der Waals surface area contributed by atoms with Gasteiger partial charge in [-0.3, -0.25) is 4.79 Å². The van der Waals surface area contributed by atoms with Gasteiger partial charge in [0.1, 0.15) is 11.5 Å². The number of benzene rings is 1. The molecular weight excluding hydrogens is 349 g/mol. The molecule has 0 unspecified atom stereocenters. The number of carbonyl (C=O) groups is 1. The van der Waals surface area contributed by atoms with Crippen molar-refractivity contribution in [1.29, 1.82) is 0 Å². The number of rotatable bonds is 5. The predicted octanol–water partition coefficient (Wildman–Crippen LogP) is -0.496.